The van der Waals surface area contributed by atoms with Crippen LogP contribution in [0.2, 0.25) is 0 Å². The highest BCUT2D eigenvalue weighted by molar-refractivity contribution is 5.71. The van der Waals surface area contributed by atoms with Gasteiger partial charge in [-0.05, 0) is 103 Å². The first kappa shape index (κ1) is 78.3. The van der Waals surface area contributed by atoms with Crippen molar-refractivity contribution in [3.05, 3.63) is 97.2 Å². The van der Waals surface area contributed by atoms with Gasteiger partial charge in [-0.1, -0.05) is 323 Å². The van der Waals surface area contributed by atoms with E-state index in [0.29, 0.717) is 19.3 Å². The highest BCUT2D eigenvalue weighted by atomic mass is 16.6. The van der Waals surface area contributed by atoms with Gasteiger partial charge in [0.25, 0.3) is 0 Å². The summed E-state index contributed by atoms with van der Waals surface area (Å²) in [5.41, 5.74) is 0. The van der Waals surface area contributed by atoms with Crippen LogP contribution < -0.4 is 0 Å². The van der Waals surface area contributed by atoms with Crippen molar-refractivity contribution < 1.29 is 28.6 Å². The summed E-state index contributed by atoms with van der Waals surface area (Å²) in [5, 5.41) is 0. The van der Waals surface area contributed by atoms with E-state index in [-0.39, 0.29) is 31.1 Å². The van der Waals surface area contributed by atoms with Crippen LogP contribution in [0.15, 0.2) is 97.2 Å². The first-order chi connectivity index (χ1) is 40.5. The van der Waals surface area contributed by atoms with E-state index < -0.39 is 6.10 Å². The van der Waals surface area contributed by atoms with Gasteiger partial charge in [-0.15, -0.1) is 0 Å². The van der Waals surface area contributed by atoms with E-state index >= 15 is 0 Å². The van der Waals surface area contributed by atoms with Gasteiger partial charge in [0.15, 0.2) is 6.10 Å². The van der Waals surface area contributed by atoms with Gasteiger partial charge in [-0.25, -0.2) is 0 Å². The van der Waals surface area contributed by atoms with E-state index in [1.165, 1.54) is 186 Å². The maximum atomic E-state index is 13.0. The molecule has 0 N–H and O–H groups in total. The van der Waals surface area contributed by atoms with Crippen LogP contribution in [-0.2, 0) is 28.6 Å². The molecule has 0 bridgehead atoms. The number of unbranched alkanes of at least 4 members (excludes halogenated alkanes) is 37. The summed E-state index contributed by atoms with van der Waals surface area (Å²) in [6, 6.07) is 0. The molecule has 0 saturated heterocycles. The number of hydrogen-bond donors (Lipinski definition) is 0. The molecule has 0 aliphatic rings. The Morgan fingerprint density at radius 3 is 0.744 bits per heavy atom. The van der Waals surface area contributed by atoms with Crippen molar-refractivity contribution in [3.63, 3.8) is 0 Å². The fourth-order valence-corrected chi connectivity index (χ4v) is 10.1. The van der Waals surface area contributed by atoms with E-state index in [1.807, 2.05) is 0 Å². The van der Waals surface area contributed by atoms with Gasteiger partial charge in [0.2, 0.25) is 0 Å². The molecule has 6 heteroatoms. The zero-order chi connectivity index (χ0) is 59.2. The molecule has 0 saturated carbocycles. The molecule has 0 aromatic rings. The molecule has 0 radical (unpaired) electrons. The first-order valence-corrected chi connectivity index (χ1v) is 35.2. The summed E-state index contributed by atoms with van der Waals surface area (Å²) >= 11 is 0. The van der Waals surface area contributed by atoms with Crippen LogP contribution in [0.4, 0.5) is 0 Å². The topological polar surface area (TPSA) is 78.9 Å². The van der Waals surface area contributed by atoms with Gasteiger partial charge < -0.3 is 14.2 Å². The third kappa shape index (κ3) is 67.1. The summed E-state index contributed by atoms with van der Waals surface area (Å²) in [7, 11) is 0. The lowest BCUT2D eigenvalue weighted by Crippen LogP contribution is -2.30. The van der Waals surface area contributed by atoms with Crippen LogP contribution in [0.5, 0.6) is 0 Å². The van der Waals surface area contributed by atoms with E-state index in [0.717, 1.165) is 122 Å². The Bertz CT molecular complexity index is 1590. The molecule has 0 aromatic heterocycles. The van der Waals surface area contributed by atoms with Crippen LogP contribution in [0.25, 0.3) is 0 Å². The normalized spacial score (nSPS) is 12.7. The quantitative estimate of drug-likeness (QED) is 0.0261. The van der Waals surface area contributed by atoms with E-state index in [9.17, 15) is 14.4 Å². The zero-order valence-corrected chi connectivity index (χ0v) is 54.2. The molecule has 82 heavy (non-hydrogen) atoms. The molecule has 0 spiro atoms. The molecule has 6 nitrogen and oxygen atoms in total. The summed E-state index contributed by atoms with van der Waals surface area (Å²) in [5.74, 6) is -0.887. The molecule has 0 heterocycles. The Kier molecular flexibility index (Phi) is 66.7. The maximum Gasteiger partial charge on any atom is 0.306 e. The smallest absolute Gasteiger partial charge is 0.306 e. The summed E-state index contributed by atoms with van der Waals surface area (Å²) in [4.78, 5) is 38.5. The fraction of sp³-hybridized carbons (Fsp3) is 0.750. The van der Waals surface area contributed by atoms with Gasteiger partial charge in [-0.2, -0.15) is 0 Å². The monoisotopic (exact) mass is 1140 g/mol. The predicted octanol–water partition coefficient (Wildman–Crippen LogP) is 24.4. The number of allylic oxidation sites excluding steroid dienone is 16. The van der Waals surface area contributed by atoms with Crippen molar-refractivity contribution in [2.45, 2.75) is 354 Å². The van der Waals surface area contributed by atoms with Gasteiger partial charge in [0.1, 0.15) is 13.2 Å². The average Bonchev–Trinajstić information content (AvgIpc) is 3.47. The lowest BCUT2D eigenvalue weighted by molar-refractivity contribution is -0.167. The number of rotatable bonds is 64. The molecular weight excluding hydrogens is 1010 g/mol. The van der Waals surface area contributed by atoms with E-state index in [2.05, 4.69) is 118 Å². The molecule has 1 unspecified atom stereocenters. The standard InChI is InChI=1S/C76H132O6/c1-4-7-10-13-16-19-22-25-28-31-33-35-36-37-38-39-40-42-43-45-48-51-54-57-60-63-66-69-75(78)81-72-73(71-80-74(77)68-65-62-59-56-53-50-47-30-27-24-21-18-15-12-9-6-3)82-76(79)70-67-64-61-58-55-52-49-46-44-41-34-32-29-26-23-20-17-14-11-8-5-2/h8,11,17,20,22,25-26,29,31,33-34,36-37,41,46,49,73H,4-7,9-10,12-16,18-19,21,23-24,27-28,30,32,35,38-40,42-45,47-48,50-72H2,1-3H3/b11-8-,20-17-,25-22-,29-26-,33-31-,37-36-,41-34-,49-46-. The molecule has 0 fully saturated rings. The van der Waals surface area contributed by atoms with Crippen LogP contribution in [0, 0.1) is 0 Å². The summed E-state index contributed by atoms with van der Waals surface area (Å²) in [6.45, 7) is 6.54. The minimum Gasteiger partial charge on any atom is -0.462 e. The largest absolute Gasteiger partial charge is 0.462 e. The second-order valence-corrected chi connectivity index (χ2v) is 23.4. The van der Waals surface area contributed by atoms with Gasteiger partial charge in [0.05, 0.1) is 0 Å². The van der Waals surface area contributed by atoms with Gasteiger partial charge >= 0.3 is 17.9 Å². The van der Waals surface area contributed by atoms with Crippen molar-refractivity contribution in [2.24, 2.45) is 0 Å². The Hall–Kier alpha value is -3.67. The molecule has 0 aliphatic heterocycles. The van der Waals surface area contributed by atoms with Crippen LogP contribution >= 0.6 is 0 Å². The average molecular weight is 1140 g/mol. The van der Waals surface area contributed by atoms with Crippen molar-refractivity contribution in [1.29, 1.82) is 0 Å². The number of hydrogen-bond acceptors (Lipinski definition) is 6. The zero-order valence-electron chi connectivity index (χ0n) is 54.2. The maximum absolute atomic E-state index is 13.0. The first-order valence-electron chi connectivity index (χ1n) is 35.2. The van der Waals surface area contributed by atoms with Crippen LogP contribution in [0.3, 0.4) is 0 Å². The predicted molar refractivity (Wildman–Crippen MR) is 357 cm³/mol. The van der Waals surface area contributed by atoms with Crippen LogP contribution in [0.1, 0.15) is 348 Å². The Balaban J connectivity index is 4.36. The number of carbonyl (C=O) groups is 3. The second-order valence-electron chi connectivity index (χ2n) is 23.4. The molecule has 1 atom stereocenters. The number of carbonyl (C=O) groups excluding carboxylic acids is 3. The van der Waals surface area contributed by atoms with Gasteiger partial charge in [0, 0.05) is 19.3 Å². The molecule has 0 aliphatic carbocycles. The molecule has 0 rings (SSSR count). The molecule has 472 valence electrons. The van der Waals surface area contributed by atoms with Gasteiger partial charge in [-0.3, -0.25) is 14.4 Å². The third-order valence-electron chi connectivity index (χ3n) is 15.3. The summed E-state index contributed by atoms with van der Waals surface area (Å²) < 4.78 is 17.0. The highest BCUT2D eigenvalue weighted by Gasteiger charge is 2.19. The highest BCUT2D eigenvalue weighted by Crippen LogP contribution is 2.17. The number of esters is 3. The minimum atomic E-state index is -0.790. The van der Waals surface area contributed by atoms with Crippen molar-refractivity contribution >= 4 is 17.9 Å². The Labute approximate surface area is 508 Å². The Morgan fingerprint density at radius 1 is 0.256 bits per heavy atom. The summed E-state index contributed by atoms with van der Waals surface area (Å²) in [6.07, 6.45) is 94.2. The van der Waals surface area contributed by atoms with Crippen molar-refractivity contribution in [2.75, 3.05) is 13.2 Å². The lowest BCUT2D eigenvalue weighted by Gasteiger charge is -2.18. The van der Waals surface area contributed by atoms with E-state index in [1.54, 1.807) is 0 Å². The van der Waals surface area contributed by atoms with E-state index in [4.69, 9.17) is 14.2 Å². The molecule has 0 aromatic carbocycles. The third-order valence-corrected chi connectivity index (χ3v) is 15.3. The Morgan fingerprint density at radius 2 is 0.476 bits per heavy atom. The molecular formula is C76H132O6. The molecule has 0 amide bonds. The SMILES string of the molecule is CC/C=C\C/C=C\C/C=C\C/C=C\C/C=C\CCCCCCCC(=O)OC(COC(=O)CCCCCCCCCCCCCC/C=C\C/C=C\C/C=C\CCCCCCC)COC(=O)CCCCCCCCCCCCCCCCCC. The lowest BCUT2D eigenvalue weighted by atomic mass is 10.0. The van der Waals surface area contributed by atoms with Crippen LogP contribution in [-0.4, -0.2) is 37.2 Å². The number of ether oxygens (including phenoxy) is 3. The second kappa shape index (κ2) is 69.8. The van der Waals surface area contributed by atoms with Crippen molar-refractivity contribution in [1.82, 2.24) is 0 Å². The van der Waals surface area contributed by atoms with Crippen molar-refractivity contribution in [3.8, 4) is 0 Å². The minimum absolute atomic E-state index is 0.0829. The fourth-order valence-electron chi connectivity index (χ4n) is 10.1.